The summed E-state index contributed by atoms with van der Waals surface area (Å²) in [6.45, 7) is 3.80. The van der Waals surface area contributed by atoms with Crippen LogP contribution < -0.4 is 0 Å². The van der Waals surface area contributed by atoms with Gasteiger partial charge in [0.25, 0.3) is 10.1 Å². The first kappa shape index (κ1) is 59.7. The third-order valence-electron chi connectivity index (χ3n) is 12.4. The Kier molecular flexibility index (Phi) is 38.7. The highest BCUT2D eigenvalue weighted by Gasteiger charge is 2.46. The summed E-state index contributed by atoms with van der Waals surface area (Å²) in [4.78, 5) is 25.5. The monoisotopic (exact) mass is 921 g/mol. The van der Waals surface area contributed by atoms with E-state index >= 15 is 0 Å². The number of aliphatic hydroxyl groups is 3. The summed E-state index contributed by atoms with van der Waals surface area (Å²) < 4.78 is 54.2. The normalized spacial score (nSPS) is 19.6. The molecule has 1 aliphatic heterocycles. The second kappa shape index (κ2) is 40.9. The molecule has 63 heavy (non-hydrogen) atoms. The molecule has 0 aromatic rings. The van der Waals surface area contributed by atoms with E-state index in [1.807, 2.05) is 0 Å². The Hall–Kier alpha value is -1.35. The number of carbonyl (C=O) groups is 2. The van der Waals surface area contributed by atoms with Crippen LogP contribution in [0.25, 0.3) is 0 Å². The lowest BCUT2D eigenvalue weighted by atomic mass is 10.00. The molecule has 0 amide bonds. The average Bonchev–Trinajstić information content (AvgIpc) is 3.25. The topological polar surface area (TPSA) is 186 Å². The SMILES string of the molecule is CCCCCCCCCCCCCCCCCCCCCCCCCC(=O)OC(COC(=O)CCCCCCCCCCCCCC)COC1OC(CS(=O)(=O)O)C(O)C(O)C1O. The van der Waals surface area contributed by atoms with E-state index in [-0.39, 0.29) is 19.4 Å². The van der Waals surface area contributed by atoms with Crippen molar-refractivity contribution in [3.63, 3.8) is 0 Å². The predicted octanol–water partition coefficient (Wildman–Crippen LogP) is 11.6. The number of hydrogen-bond acceptors (Lipinski definition) is 11. The Morgan fingerprint density at radius 1 is 0.476 bits per heavy atom. The first-order chi connectivity index (χ1) is 30.5. The van der Waals surface area contributed by atoms with Gasteiger partial charge in [0.15, 0.2) is 12.4 Å². The third kappa shape index (κ3) is 35.5. The van der Waals surface area contributed by atoms with Crippen LogP contribution in [0.3, 0.4) is 0 Å². The third-order valence-corrected chi connectivity index (χ3v) is 13.2. The summed E-state index contributed by atoms with van der Waals surface area (Å²) in [5.74, 6) is -1.96. The van der Waals surface area contributed by atoms with Crippen molar-refractivity contribution in [2.24, 2.45) is 0 Å². The Balaban J connectivity index is 2.31. The minimum absolute atomic E-state index is 0.173. The van der Waals surface area contributed by atoms with Gasteiger partial charge in [-0.15, -0.1) is 0 Å². The lowest BCUT2D eigenvalue weighted by Gasteiger charge is -2.40. The molecule has 0 bridgehead atoms. The number of ether oxygens (including phenoxy) is 4. The Bertz CT molecular complexity index is 1170. The van der Waals surface area contributed by atoms with Crippen LogP contribution in [0, 0.1) is 0 Å². The maximum atomic E-state index is 12.9. The zero-order chi connectivity index (χ0) is 46.2. The lowest BCUT2D eigenvalue weighted by molar-refractivity contribution is -0.297. The number of unbranched alkanes of at least 4 members (excludes halogenated alkanes) is 33. The van der Waals surface area contributed by atoms with Crippen molar-refractivity contribution in [1.82, 2.24) is 0 Å². The van der Waals surface area contributed by atoms with Crippen LogP contribution in [0.15, 0.2) is 0 Å². The second-order valence-corrected chi connectivity index (χ2v) is 20.1. The van der Waals surface area contributed by atoms with Gasteiger partial charge in [-0.2, -0.15) is 8.42 Å². The molecule has 0 aromatic carbocycles. The van der Waals surface area contributed by atoms with Gasteiger partial charge in [0.1, 0.15) is 36.8 Å². The van der Waals surface area contributed by atoms with Crippen molar-refractivity contribution in [2.45, 2.75) is 288 Å². The summed E-state index contributed by atoms with van der Waals surface area (Å²) in [5.41, 5.74) is 0. The van der Waals surface area contributed by atoms with Crippen LogP contribution in [0.2, 0.25) is 0 Å². The van der Waals surface area contributed by atoms with Gasteiger partial charge in [-0.25, -0.2) is 0 Å². The van der Waals surface area contributed by atoms with Crippen LogP contribution in [0.1, 0.15) is 251 Å². The maximum absolute atomic E-state index is 12.9. The van der Waals surface area contributed by atoms with Crippen molar-refractivity contribution >= 4 is 22.1 Å². The van der Waals surface area contributed by atoms with E-state index < -0.39 is 71.2 Å². The number of hydrogen-bond donors (Lipinski definition) is 4. The van der Waals surface area contributed by atoms with E-state index in [2.05, 4.69) is 13.8 Å². The maximum Gasteiger partial charge on any atom is 0.306 e. The molecule has 1 saturated heterocycles. The van der Waals surface area contributed by atoms with E-state index in [1.54, 1.807) is 0 Å². The molecule has 6 unspecified atom stereocenters. The highest BCUT2D eigenvalue weighted by atomic mass is 32.2. The minimum atomic E-state index is -4.60. The Morgan fingerprint density at radius 2 is 0.810 bits per heavy atom. The molecular weight excluding hydrogens is 825 g/mol. The van der Waals surface area contributed by atoms with Crippen LogP contribution in [-0.4, -0.2) is 96.0 Å². The van der Waals surface area contributed by atoms with Gasteiger partial charge >= 0.3 is 11.9 Å². The first-order valence-electron chi connectivity index (χ1n) is 26.1. The molecule has 13 heteroatoms. The fraction of sp³-hybridized carbons (Fsp3) is 0.960. The molecule has 0 radical (unpaired) electrons. The van der Waals surface area contributed by atoms with Gasteiger partial charge in [0, 0.05) is 12.8 Å². The predicted molar refractivity (Wildman–Crippen MR) is 252 cm³/mol. The van der Waals surface area contributed by atoms with Crippen LogP contribution in [0.5, 0.6) is 0 Å². The zero-order valence-corrected chi connectivity index (χ0v) is 41.0. The molecule has 12 nitrogen and oxygen atoms in total. The number of aliphatic hydroxyl groups excluding tert-OH is 3. The molecule has 0 spiro atoms. The van der Waals surface area contributed by atoms with Gasteiger partial charge in [0.2, 0.25) is 0 Å². The van der Waals surface area contributed by atoms with E-state index in [1.165, 1.54) is 173 Å². The fourth-order valence-corrected chi connectivity index (χ4v) is 9.08. The van der Waals surface area contributed by atoms with Gasteiger partial charge in [0.05, 0.1) is 6.61 Å². The van der Waals surface area contributed by atoms with E-state index in [9.17, 15) is 37.9 Å². The largest absolute Gasteiger partial charge is 0.462 e. The number of esters is 2. The van der Waals surface area contributed by atoms with Crippen molar-refractivity contribution < 1.29 is 56.8 Å². The molecule has 1 aliphatic rings. The van der Waals surface area contributed by atoms with Crippen molar-refractivity contribution in [3.8, 4) is 0 Å². The molecule has 0 aliphatic carbocycles. The van der Waals surface area contributed by atoms with Crippen LogP contribution >= 0.6 is 0 Å². The van der Waals surface area contributed by atoms with E-state index in [4.69, 9.17) is 18.9 Å². The number of carbonyl (C=O) groups excluding carboxylic acids is 2. The van der Waals surface area contributed by atoms with Crippen molar-refractivity contribution in [3.05, 3.63) is 0 Å². The van der Waals surface area contributed by atoms with E-state index in [0.29, 0.717) is 12.8 Å². The molecule has 0 aromatic heterocycles. The zero-order valence-electron chi connectivity index (χ0n) is 40.2. The quantitative estimate of drug-likeness (QED) is 0.0258. The van der Waals surface area contributed by atoms with E-state index in [0.717, 1.165) is 38.5 Å². The molecule has 374 valence electrons. The molecule has 1 fully saturated rings. The van der Waals surface area contributed by atoms with Crippen LogP contribution in [-0.2, 0) is 38.7 Å². The Morgan fingerprint density at radius 3 is 1.16 bits per heavy atom. The van der Waals surface area contributed by atoms with Crippen LogP contribution in [0.4, 0.5) is 0 Å². The van der Waals surface area contributed by atoms with Gasteiger partial charge in [-0.05, 0) is 12.8 Å². The molecule has 4 N–H and O–H groups in total. The average molecular weight is 921 g/mol. The van der Waals surface area contributed by atoms with Gasteiger partial charge in [-0.1, -0.05) is 226 Å². The second-order valence-electron chi connectivity index (χ2n) is 18.6. The summed E-state index contributed by atoms with van der Waals surface area (Å²) in [7, 11) is -4.60. The molecule has 0 saturated carbocycles. The molecule has 6 atom stereocenters. The number of rotatable bonds is 45. The molecular formula is C50H96O12S. The highest BCUT2D eigenvalue weighted by molar-refractivity contribution is 7.85. The smallest absolute Gasteiger partial charge is 0.306 e. The standard InChI is InChI=1S/C50H96O12S/c1-3-5-7-9-11-13-15-17-18-19-20-21-22-23-24-25-26-27-29-31-33-35-37-39-46(52)61-43(41-60-50-49(55)48(54)47(53)44(62-50)42-63(56,57)58)40-59-45(51)38-36-34-32-30-28-16-14-12-10-8-6-4-2/h43-44,47-50,53-55H,3-42H2,1-2H3,(H,56,57,58). The summed E-state index contributed by atoms with van der Waals surface area (Å²) in [6.07, 6.45) is 34.4. The summed E-state index contributed by atoms with van der Waals surface area (Å²) >= 11 is 0. The van der Waals surface area contributed by atoms with Gasteiger partial charge < -0.3 is 34.3 Å². The molecule has 1 rings (SSSR count). The Labute approximate surface area is 384 Å². The molecule has 1 heterocycles. The minimum Gasteiger partial charge on any atom is -0.462 e. The summed E-state index contributed by atoms with van der Waals surface area (Å²) in [5, 5.41) is 30.9. The van der Waals surface area contributed by atoms with Gasteiger partial charge in [-0.3, -0.25) is 14.1 Å². The lowest BCUT2D eigenvalue weighted by Crippen LogP contribution is -2.60. The summed E-state index contributed by atoms with van der Waals surface area (Å²) in [6, 6.07) is 0. The van der Waals surface area contributed by atoms with Crippen molar-refractivity contribution in [2.75, 3.05) is 19.0 Å². The van der Waals surface area contributed by atoms with Crippen molar-refractivity contribution in [1.29, 1.82) is 0 Å². The fourth-order valence-electron chi connectivity index (χ4n) is 8.39. The first-order valence-corrected chi connectivity index (χ1v) is 27.7. The highest BCUT2D eigenvalue weighted by Crippen LogP contribution is 2.24.